The molecule has 0 bridgehead atoms. The normalized spacial score (nSPS) is 17.6. The minimum Gasteiger partial charge on any atom is -0.366 e. The predicted molar refractivity (Wildman–Crippen MR) is 97.1 cm³/mol. The molecule has 3 aromatic rings. The van der Waals surface area contributed by atoms with Crippen LogP contribution in [0.25, 0.3) is 5.65 Å². The number of nitrogens with two attached hydrogens (primary N) is 1. The predicted octanol–water partition coefficient (Wildman–Crippen LogP) is 2.04. The number of nitrogens with zero attached hydrogens (tertiary/aromatic N) is 5. The molecule has 1 saturated heterocycles. The summed E-state index contributed by atoms with van der Waals surface area (Å²) in [6.45, 7) is 2.43. The lowest BCUT2D eigenvalue weighted by molar-refractivity contribution is 0.751. The Kier molecular flexibility index (Phi) is 4.07. The number of anilines is 2. The van der Waals surface area contributed by atoms with Gasteiger partial charge in [0, 0.05) is 44.1 Å². The maximum absolute atomic E-state index is 6.04. The molecule has 4 rings (SSSR count). The van der Waals surface area contributed by atoms with Crippen LogP contribution in [0.3, 0.4) is 0 Å². The van der Waals surface area contributed by atoms with E-state index >= 15 is 0 Å². The molecule has 3 N–H and O–H groups in total. The van der Waals surface area contributed by atoms with Crippen molar-refractivity contribution in [3.05, 3.63) is 46.8 Å². The van der Waals surface area contributed by atoms with Crippen molar-refractivity contribution in [2.24, 2.45) is 5.73 Å². The summed E-state index contributed by atoms with van der Waals surface area (Å²) in [4.78, 5) is 11.1. The third-order valence-corrected chi connectivity index (χ3v) is 4.72. The Morgan fingerprint density at radius 3 is 3.04 bits per heavy atom. The summed E-state index contributed by atoms with van der Waals surface area (Å²) in [6, 6.07) is 6.21. The molecule has 8 heteroatoms. The van der Waals surface area contributed by atoms with E-state index in [0.717, 1.165) is 46.8 Å². The molecule has 1 aliphatic rings. The lowest BCUT2D eigenvalue weighted by Crippen LogP contribution is -2.27. The first kappa shape index (κ1) is 15.3. The second-order valence-corrected chi connectivity index (χ2v) is 6.79. The Bertz CT molecular complexity index is 848. The smallest absolute Gasteiger partial charge is 0.173 e. The van der Waals surface area contributed by atoms with E-state index in [-0.39, 0.29) is 6.04 Å². The van der Waals surface area contributed by atoms with E-state index in [1.165, 1.54) is 0 Å². The van der Waals surface area contributed by atoms with E-state index in [1.807, 2.05) is 24.4 Å². The summed E-state index contributed by atoms with van der Waals surface area (Å²) in [7, 11) is 0. The molecule has 4 heterocycles. The third-order valence-electron chi connectivity index (χ3n) is 4.16. The Balaban J connectivity index is 1.67. The second kappa shape index (κ2) is 6.37. The van der Waals surface area contributed by atoms with Crippen LogP contribution in [-0.4, -0.2) is 38.7 Å². The Morgan fingerprint density at radius 2 is 2.29 bits per heavy atom. The second-order valence-electron chi connectivity index (χ2n) is 5.94. The summed E-state index contributed by atoms with van der Waals surface area (Å²) in [5, 5.41) is 7.83. The SMILES string of the molecule is NC1CCN(c2cc(NCc3cccnc3)n3ncc(Br)c3n2)C1. The quantitative estimate of drug-likeness (QED) is 0.712. The Hall–Kier alpha value is -2.19. The van der Waals surface area contributed by atoms with Crippen molar-refractivity contribution in [1.82, 2.24) is 19.6 Å². The first-order chi connectivity index (χ1) is 11.7. The van der Waals surface area contributed by atoms with Gasteiger partial charge in [0.2, 0.25) is 0 Å². The van der Waals surface area contributed by atoms with Crippen molar-refractivity contribution in [1.29, 1.82) is 0 Å². The molecule has 0 amide bonds. The van der Waals surface area contributed by atoms with Crippen LogP contribution in [0.2, 0.25) is 0 Å². The third kappa shape index (κ3) is 2.94. The molecule has 124 valence electrons. The molecular formula is C16H18BrN7. The zero-order valence-electron chi connectivity index (χ0n) is 13.1. The molecule has 1 unspecified atom stereocenters. The van der Waals surface area contributed by atoms with Gasteiger partial charge in [-0.1, -0.05) is 6.07 Å². The van der Waals surface area contributed by atoms with Crippen LogP contribution in [0.4, 0.5) is 11.6 Å². The maximum atomic E-state index is 6.04. The average molecular weight is 388 g/mol. The van der Waals surface area contributed by atoms with Crippen molar-refractivity contribution in [3.63, 3.8) is 0 Å². The van der Waals surface area contributed by atoms with E-state index in [4.69, 9.17) is 10.7 Å². The van der Waals surface area contributed by atoms with Gasteiger partial charge in [0.1, 0.15) is 11.6 Å². The first-order valence-corrected chi connectivity index (χ1v) is 8.67. The maximum Gasteiger partial charge on any atom is 0.173 e. The highest BCUT2D eigenvalue weighted by molar-refractivity contribution is 9.10. The highest BCUT2D eigenvalue weighted by Crippen LogP contribution is 2.26. The number of nitrogens with one attached hydrogen (secondary N) is 1. The number of aromatic nitrogens is 4. The fourth-order valence-corrected chi connectivity index (χ4v) is 3.25. The van der Waals surface area contributed by atoms with Crippen molar-refractivity contribution >= 4 is 33.2 Å². The van der Waals surface area contributed by atoms with Crippen molar-refractivity contribution in [3.8, 4) is 0 Å². The van der Waals surface area contributed by atoms with Gasteiger partial charge in [-0.2, -0.15) is 9.61 Å². The van der Waals surface area contributed by atoms with Crippen LogP contribution in [0.15, 0.2) is 41.3 Å². The van der Waals surface area contributed by atoms with Gasteiger partial charge in [-0.05, 0) is 34.0 Å². The number of hydrogen-bond donors (Lipinski definition) is 2. The van der Waals surface area contributed by atoms with Gasteiger partial charge in [-0.3, -0.25) is 4.98 Å². The van der Waals surface area contributed by atoms with E-state index in [2.05, 4.69) is 36.2 Å². The topological polar surface area (TPSA) is 84.4 Å². The summed E-state index contributed by atoms with van der Waals surface area (Å²) in [6.07, 6.45) is 6.38. The minimum atomic E-state index is 0.211. The average Bonchev–Trinajstić information content (AvgIpc) is 3.20. The molecule has 0 spiro atoms. The van der Waals surface area contributed by atoms with Crippen molar-refractivity contribution in [2.75, 3.05) is 23.3 Å². The minimum absolute atomic E-state index is 0.211. The monoisotopic (exact) mass is 387 g/mol. The molecule has 24 heavy (non-hydrogen) atoms. The van der Waals surface area contributed by atoms with Gasteiger partial charge in [0.25, 0.3) is 0 Å². The molecule has 0 radical (unpaired) electrons. The molecule has 1 fully saturated rings. The highest BCUT2D eigenvalue weighted by Gasteiger charge is 2.22. The fourth-order valence-electron chi connectivity index (χ4n) is 2.90. The molecule has 0 aliphatic carbocycles. The fraction of sp³-hybridized carbons (Fsp3) is 0.312. The zero-order valence-corrected chi connectivity index (χ0v) is 14.6. The van der Waals surface area contributed by atoms with Crippen LogP contribution in [0.5, 0.6) is 0 Å². The van der Waals surface area contributed by atoms with Crippen LogP contribution in [-0.2, 0) is 6.54 Å². The van der Waals surface area contributed by atoms with Crippen LogP contribution >= 0.6 is 15.9 Å². The Morgan fingerprint density at radius 1 is 1.38 bits per heavy atom. The summed E-state index contributed by atoms with van der Waals surface area (Å²) in [5.41, 5.74) is 7.94. The number of pyridine rings is 1. The number of fused-ring (bicyclic) bond motifs is 1. The van der Waals surface area contributed by atoms with E-state index in [9.17, 15) is 0 Å². The summed E-state index contributed by atoms with van der Waals surface area (Å²) >= 11 is 3.52. The summed E-state index contributed by atoms with van der Waals surface area (Å²) < 4.78 is 2.68. The first-order valence-electron chi connectivity index (χ1n) is 7.88. The number of rotatable bonds is 4. The lowest BCUT2D eigenvalue weighted by atomic mass is 10.3. The van der Waals surface area contributed by atoms with Gasteiger partial charge < -0.3 is 16.0 Å². The largest absolute Gasteiger partial charge is 0.366 e. The van der Waals surface area contributed by atoms with Crippen molar-refractivity contribution < 1.29 is 0 Å². The molecule has 1 aliphatic heterocycles. The van der Waals surface area contributed by atoms with Crippen LogP contribution in [0.1, 0.15) is 12.0 Å². The van der Waals surface area contributed by atoms with E-state index in [1.54, 1.807) is 16.9 Å². The molecule has 1 atom stereocenters. The van der Waals surface area contributed by atoms with E-state index in [0.29, 0.717) is 6.54 Å². The standard InChI is InChI=1S/C16H18BrN7/c17-13-9-21-24-14(20-8-11-2-1-4-19-7-11)6-15(22-16(13)24)23-5-3-12(18)10-23/h1-2,4,6-7,9,12,20H,3,5,8,10,18H2. The van der Waals surface area contributed by atoms with E-state index < -0.39 is 0 Å². The number of hydrogen-bond acceptors (Lipinski definition) is 6. The van der Waals surface area contributed by atoms with Crippen LogP contribution < -0.4 is 16.0 Å². The number of halogens is 1. The van der Waals surface area contributed by atoms with Gasteiger partial charge in [-0.15, -0.1) is 0 Å². The van der Waals surface area contributed by atoms with Gasteiger partial charge in [0.15, 0.2) is 5.65 Å². The summed E-state index contributed by atoms with van der Waals surface area (Å²) in [5.74, 6) is 1.82. The molecule has 3 aromatic heterocycles. The highest BCUT2D eigenvalue weighted by atomic mass is 79.9. The Labute approximate surface area is 148 Å². The molecular weight excluding hydrogens is 370 g/mol. The zero-order chi connectivity index (χ0) is 16.5. The van der Waals surface area contributed by atoms with Crippen LogP contribution in [0, 0.1) is 0 Å². The van der Waals surface area contributed by atoms with Gasteiger partial charge in [-0.25, -0.2) is 4.98 Å². The molecule has 0 aromatic carbocycles. The lowest BCUT2D eigenvalue weighted by Gasteiger charge is -2.19. The molecule has 7 nitrogen and oxygen atoms in total. The van der Waals surface area contributed by atoms with Gasteiger partial charge in [0.05, 0.1) is 10.7 Å². The molecule has 0 saturated carbocycles. The van der Waals surface area contributed by atoms with Gasteiger partial charge >= 0.3 is 0 Å². The van der Waals surface area contributed by atoms with Crippen molar-refractivity contribution in [2.45, 2.75) is 19.0 Å².